The molecule has 0 unspecified atom stereocenters. The van der Waals surface area contributed by atoms with Crippen LogP contribution in [0, 0.1) is 5.82 Å². The second-order valence-corrected chi connectivity index (χ2v) is 4.84. The average molecular weight is 311 g/mol. The monoisotopic (exact) mass is 311 g/mol. The van der Waals surface area contributed by atoms with Gasteiger partial charge in [0.15, 0.2) is 6.61 Å². The summed E-state index contributed by atoms with van der Waals surface area (Å²) in [5.74, 6) is -0.419. The van der Waals surface area contributed by atoms with E-state index < -0.39 is 5.82 Å². The zero-order valence-electron chi connectivity index (χ0n) is 12.1. The molecule has 116 valence electrons. The first kappa shape index (κ1) is 14.8. The third-order valence-electron chi connectivity index (χ3n) is 3.12. The lowest BCUT2D eigenvalue weighted by molar-refractivity contribution is -0.118. The number of rotatable bonds is 5. The molecule has 0 saturated heterocycles. The van der Waals surface area contributed by atoms with Crippen molar-refractivity contribution in [3.63, 3.8) is 0 Å². The molecule has 0 aliphatic rings. The largest absolute Gasteiger partial charge is 0.484 e. The van der Waals surface area contributed by atoms with E-state index in [1.54, 1.807) is 24.7 Å². The Kier molecular flexibility index (Phi) is 4.33. The van der Waals surface area contributed by atoms with Gasteiger partial charge in [0, 0.05) is 17.3 Å². The van der Waals surface area contributed by atoms with E-state index in [9.17, 15) is 9.18 Å². The first-order valence-corrected chi connectivity index (χ1v) is 6.98. The predicted molar refractivity (Wildman–Crippen MR) is 84.5 cm³/mol. The van der Waals surface area contributed by atoms with E-state index in [-0.39, 0.29) is 12.5 Å². The van der Waals surface area contributed by atoms with Crippen LogP contribution in [0.4, 0.5) is 10.1 Å². The molecule has 0 spiro atoms. The summed E-state index contributed by atoms with van der Waals surface area (Å²) in [6.07, 6.45) is 3.29. The number of imidazole rings is 1. The van der Waals surface area contributed by atoms with Crippen molar-refractivity contribution in [2.24, 2.45) is 0 Å². The van der Waals surface area contributed by atoms with Gasteiger partial charge in [-0.15, -0.1) is 0 Å². The molecule has 0 fully saturated rings. The number of benzene rings is 2. The molecule has 2 aromatic carbocycles. The third kappa shape index (κ3) is 3.94. The number of hydrogen-bond donors (Lipinski definition) is 2. The molecule has 3 aromatic rings. The second-order valence-electron chi connectivity index (χ2n) is 4.84. The topological polar surface area (TPSA) is 67.0 Å². The van der Waals surface area contributed by atoms with Gasteiger partial charge in [0.05, 0.1) is 18.2 Å². The molecule has 2 N–H and O–H groups in total. The molecule has 0 aliphatic carbocycles. The van der Waals surface area contributed by atoms with Gasteiger partial charge < -0.3 is 15.0 Å². The summed E-state index contributed by atoms with van der Waals surface area (Å²) in [4.78, 5) is 18.9. The van der Waals surface area contributed by atoms with Crippen LogP contribution in [-0.4, -0.2) is 22.5 Å². The van der Waals surface area contributed by atoms with Gasteiger partial charge in [0.2, 0.25) is 0 Å². The maximum absolute atomic E-state index is 13.0. The molecule has 0 bridgehead atoms. The highest BCUT2D eigenvalue weighted by atomic mass is 19.1. The fourth-order valence-corrected chi connectivity index (χ4v) is 2.08. The molecule has 5 nitrogen and oxygen atoms in total. The molecule has 1 aromatic heterocycles. The lowest BCUT2D eigenvalue weighted by atomic mass is 10.1. The van der Waals surface area contributed by atoms with Crippen molar-refractivity contribution in [2.45, 2.75) is 0 Å². The molecule has 23 heavy (non-hydrogen) atoms. The van der Waals surface area contributed by atoms with E-state index in [1.165, 1.54) is 18.2 Å². The van der Waals surface area contributed by atoms with Gasteiger partial charge >= 0.3 is 0 Å². The Morgan fingerprint density at radius 3 is 2.87 bits per heavy atom. The predicted octanol–water partition coefficient (Wildman–Crippen LogP) is 3.23. The van der Waals surface area contributed by atoms with Gasteiger partial charge in [-0.05, 0) is 24.3 Å². The highest BCUT2D eigenvalue weighted by Crippen LogP contribution is 2.20. The zero-order chi connectivity index (χ0) is 16.1. The van der Waals surface area contributed by atoms with Crippen molar-refractivity contribution >= 4 is 11.6 Å². The molecule has 0 radical (unpaired) electrons. The summed E-state index contributed by atoms with van der Waals surface area (Å²) < 4.78 is 18.3. The van der Waals surface area contributed by atoms with Crippen LogP contribution in [0.3, 0.4) is 0 Å². The number of nitrogens with one attached hydrogen (secondary N) is 2. The summed E-state index contributed by atoms with van der Waals surface area (Å²) in [6.45, 7) is -0.197. The highest BCUT2D eigenvalue weighted by molar-refractivity contribution is 5.92. The van der Waals surface area contributed by atoms with Gasteiger partial charge in [-0.3, -0.25) is 4.79 Å². The number of carbonyl (C=O) groups excluding carboxylic acids is 1. The molecule has 0 atom stereocenters. The highest BCUT2D eigenvalue weighted by Gasteiger charge is 2.06. The summed E-state index contributed by atoms with van der Waals surface area (Å²) in [7, 11) is 0. The van der Waals surface area contributed by atoms with Crippen LogP contribution >= 0.6 is 0 Å². The Morgan fingerprint density at radius 1 is 1.22 bits per heavy atom. The third-order valence-corrected chi connectivity index (χ3v) is 3.12. The van der Waals surface area contributed by atoms with Crippen molar-refractivity contribution in [1.29, 1.82) is 0 Å². The van der Waals surface area contributed by atoms with Crippen LogP contribution in [0.25, 0.3) is 11.3 Å². The van der Waals surface area contributed by atoms with E-state index in [4.69, 9.17) is 4.74 Å². The normalized spacial score (nSPS) is 10.3. The number of H-pyrrole nitrogens is 1. The number of aromatic amines is 1. The lowest BCUT2D eigenvalue weighted by Gasteiger charge is -2.08. The Balaban J connectivity index is 1.61. The van der Waals surface area contributed by atoms with Crippen molar-refractivity contribution in [2.75, 3.05) is 11.9 Å². The zero-order valence-corrected chi connectivity index (χ0v) is 12.1. The van der Waals surface area contributed by atoms with Gasteiger partial charge in [0.25, 0.3) is 5.91 Å². The second kappa shape index (κ2) is 6.74. The van der Waals surface area contributed by atoms with Gasteiger partial charge in [-0.2, -0.15) is 0 Å². The number of amides is 1. The number of anilines is 1. The maximum Gasteiger partial charge on any atom is 0.262 e. The van der Waals surface area contributed by atoms with Crippen LogP contribution in [0.2, 0.25) is 0 Å². The van der Waals surface area contributed by atoms with Crippen molar-refractivity contribution < 1.29 is 13.9 Å². The molecule has 6 heteroatoms. The van der Waals surface area contributed by atoms with Crippen molar-refractivity contribution in [3.05, 3.63) is 66.9 Å². The minimum Gasteiger partial charge on any atom is -0.484 e. The lowest BCUT2D eigenvalue weighted by Crippen LogP contribution is -2.20. The number of ether oxygens (including phenoxy) is 1. The summed E-state index contributed by atoms with van der Waals surface area (Å²) in [6, 6.07) is 13.0. The molecule has 3 rings (SSSR count). The van der Waals surface area contributed by atoms with E-state index in [0.29, 0.717) is 11.4 Å². The fourth-order valence-electron chi connectivity index (χ4n) is 2.08. The molecular weight excluding hydrogens is 297 g/mol. The van der Waals surface area contributed by atoms with Crippen LogP contribution in [0.1, 0.15) is 0 Å². The fraction of sp³-hybridized carbons (Fsp3) is 0.0588. The van der Waals surface area contributed by atoms with E-state index in [2.05, 4.69) is 15.3 Å². The summed E-state index contributed by atoms with van der Waals surface area (Å²) in [5, 5.41) is 2.74. The van der Waals surface area contributed by atoms with Crippen molar-refractivity contribution in [1.82, 2.24) is 9.97 Å². The van der Waals surface area contributed by atoms with E-state index >= 15 is 0 Å². The van der Waals surface area contributed by atoms with E-state index in [0.717, 1.165) is 11.3 Å². The molecule has 1 heterocycles. The quantitative estimate of drug-likeness (QED) is 0.760. The minimum absolute atomic E-state index is 0.197. The maximum atomic E-state index is 13.0. The summed E-state index contributed by atoms with van der Waals surface area (Å²) in [5.41, 5.74) is 2.41. The minimum atomic E-state index is -0.407. The molecule has 1 amide bonds. The average Bonchev–Trinajstić information content (AvgIpc) is 3.08. The number of aromatic nitrogens is 2. The Hall–Kier alpha value is -3.15. The Morgan fingerprint density at radius 2 is 2.09 bits per heavy atom. The SMILES string of the molecule is O=C(COc1cccc(F)c1)Nc1cccc(-c2cnc[nH]2)c1. The van der Waals surface area contributed by atoms with Gasteiger partial charge in [-0.25, -0.2) is 9.37 Å². The number of hydrogen-bond acceptors (Lipinski definition) is 3. The van der Waals surface area contributed by atoms with Crippen LogP contribution < -0.4 is 10.1 Å². The molecular formula is C17H14FN3O2. The number of halogens is 1. The van der Waals surface area contributed by atoms with Gasteiger partial charge in [0.1, 0.15) is 11.6 Å². The first-order valence-electron chi connectivity index (χ1n) is 6.98. The molecule has 0 aliphatic heterocycles. The van der Waals surface area contributed by atoms with Crippen LogP contribution in [0.5, 0.6) is 5.75 Å². The Labute approximate surface area is 132 Å². The molecule has 0 saturated carbocycles. The van der Waals surface area contributed by atoms with Gasteiger partial charge in [-0.1, -0.05) is 18.2 Å². The Bertz CT molecular complexity index is 803. The summed E-state index contributed by atoms with van der Waals surface area (Å²) >= 11 is 0. The van der Waals surface area contributed by atoms with Crippen LogP contribution in [-0.2, 0) is 4.79 Å². The van der Waals surface area contributed by atoms with Crippen LogP contribution in [0.15, 0.2) is 61.1 Å². The first-order chi connectivity index (χ1) is 11.2. The number of carbonyl (C=O) groups is 1. The standard InChI is InChI=1S/C17H14FN3O2/c18-13-4-2-6-15(8-13)23-10-17(22)21-14-5-1-3-12(7-14)16-9-19-11-20-16/h1-9,11H,10H2,(H,19,20)(H,21,22). The van der Waals surface area contributed by atoms with Crippen molar-refractivity contribution in [3.8, 4) is 17.0 Å². The number of nitrogens with zero attached hydrogens (tertiary/aromatic N) is 1. The smallest absolute Gasteiger partial charge is 0.262 e. The van der Waals surface area contributed by atoms with E-state index in [1.807, 2.05) is 18.2 Å².